The number of carbonyl (C=O) groups excluding carboxylic acids is 1. The van der Waals surface area contributed by atoms with Crippen molar-refractivity contribution in [3.8, 4) is 0 Å². The summed E-state index contributed by atoms with van der Waals surface area (Å²) in [6.07, 6.45) is 6.66. The number of carbonyl (C=O) groups is 1. The fraction of sp³-hybridized carbons (Fsp3) is 0.481. The summed E-state index contributed by atoms with van der Waals surface area (Å²) in [5, 5.41) is 3.03. The first-order valence-electron chi connectivity index (χ1n) is 12.4. The first kappa shape index (κ1) is 22.4. The number of anilines is 1. The molecule has 1 aliphatic carbocycles. The normalized spacial score (nSPS) is 19.2. The lowest BCUT2D eigenvalue weighted by atomic mass is 9.91. The topological polar surface area (TPSA) is 62.5 Å². The van der Waals surface area contributed by atoms with E-state index in [0.717, 1.165) is 62.8 Å². The van der Waals surface area contributed by atoms with Crippen molar-refractivity contribution in [3.05, 3.63) is 58.6 Å². The predicted molar refractivity (Wildman–Crippen MR) is 137 cm³/mol. The summed E-state index contributed by atoms with van der Waals surface area (Å²) in [5.41, 5.74) is 7.99. The van der Waals surface area contributed by atoms with Crippen LogP contribution in [0.3, 0.4) is 0 Å². The number of likely N-dealkylation sites (tertiary alicyclic amines) is 1. The van der Waals surface area contributed by atoms with Crippen LogP contribution in [0.5, 0.6) is 0 Å². The van der Waals surface area contributed by atoms with Crippen molar-refractivity contribution in [2.75, 3.05) is 31.9 Å². The molecule has 0 bridgehead atoms. The number of nitrogens with two attached hydrogens (primary N) is 1. The van der Waals surface area contributed by atoms with Gasteiger partial charge in [-0.05, 0) is 73.9 Å². The van der Waals surface area contributed by atoms with Gasteiger partial charge in [0.1, 0.15) is 0 Å². The molecule has 2 aromatic carbocycles. The smallest absolute Gasteiger partial charge is 0.253 e. The summed E-state index contributed by atoms with van der Waals surface area (Å²) in [7, 11) is 0. The second-order valence-electron chi connectivity index (χ2n) is 9.61. The predicted octanol–water partition coefficient (Wildman–Crippen LogP) is 5.00. The molecule has 6 heteroatoms. The number of rotatable bonds is 6. The third-order valence-electron chi connectivity index (χ3n) is 7.35. The molecule has 1 aliphatic heterocycles. The van der Waals surface area contributed by atoms with Gasteiger partial charge in [-0.2, -0.15) is 0 Å². The van der Waals surface area contributed by atoms with Gasteiger partial charge in [-0.3, -0.25) is 9.69 Å². The van der Waals surface area contributed by atoms with E-state index in [0.29, 0.717) is 17.1 Å². The van der Waals surface area contributed by atoms with Crippen molar-refractivity contribution in [2.24, 2.45) is 5.92 Å². The number of thiazole rings is 1. The van der Waals surface area contributed by atoms with E-state index in [1.165, 1.54) is 28.8 Å². The third-order valence-corrected chi connectivity index (χ3v) is 8.30. The highest BCUT2D eigenvalue weighted by Gasteiger charge is 2.30. The number of aromatic nitrogens is 1. The van der Waals surface area contributed by atoms with Crippen LogP contribution in [-0.2, 0) is 12.8 Å². The Balaban J connectivity index is 1.18. The lowest BCUT2D eigenvalue weighted by Crippen LogP contribution is -2.45. The lowest BCUT2D eigenvalue weighted by Gasteiger charge is -2.39. The first-order chi connectivity index (χ1) is 16.1. The van der Waals surface area contributed by atoms with Gasteiger partial charge in [0.2, 0.25) is 0 Å². The highest BCUT2D eigenvalue weighted by atomic mass is 32.1. The summed E-state index contributed by atoms with van der Waals surface area (Å²) >= 11 is 1.67. The van der Waals surface area contributed by atoms with Gasteiger partial charge in [0.05, 0.1) is 5.69 Å². The van der Waals surface area contributed by atoms with Crippen LogP contribution in [0.1, 0.15) is 53.5 Å². The molecule has 5 nitrogen and oxygen atoms in total. The molecule has 0 unspecified atom stereocenters. The minimum absolute atomic E-state index is 0.173. The van der Waals surface area contributed by atoms with Crippen LogP contribution in [0, 0.1) is 5.92 Å². The SMILES string of the molecule is CCCN(CC1CCN(C(=O)c2ccc3ccccc3c2)CC1)[C@H]1CCc2nc(N)sc2C1. The van der Waals surface area contributed by atoms with Crippen LogP contribution in [-0.4, -0.2) is 52.9 Å². The molecule has 3 aromatic rings. The fourth-order valence-corrected chi connectivity index (χ4v) is 6.50. The molecule has 1 saturated heterocycles. The molecule has 1 amide bonds. The molecule has 2 heterocycles. The second-order valence-corrected chi connectivity index (χ2v) is 10.7. The third kappa shape index (κ3) is 4.92. The zero-order valence-corrected chi connectivity index (χ0v) is 20.3. The van der Waals surface area contributed by atoms with E-state index in [-0.39, 0.29) is 5.91 Å². The molecule has 1 fully saturated rings. The largest absolute Gasteiger partial charge is 0.375 e. The molecule has 1 aromatic heterocycles. The minimum atomic E-state index is 0.173. The van der Waals surface area contributed by atoms with Gasteiger partial charge in [-0.25, -0.2) is 4.98 Å². The van der Waals surface area contributed by atoms with Gasteiger partial charge in [0.25, 0.3) is 5.91 Å². The van der Waals surface area contributed by atoms with Crippen molar-refractivity contribution in [1.29, 1.82) is 0 Å². The maximum Gasteiger partial charge on any atom is 0.253 e. The van der Waals surface area contributed by atoms with Gasteiger partial charge >= 0.3 is 0 Å². The van der Waals surface area contributed by atoms with Crippen molar-refractivity contribution in [2.45, 2.75) is 51.5 Å². The molecule has 33 heavy (non-hydrogen) atoms. The van der Waals surface area contributed by atoms with Crippen LogP contribution in [0.15, 0.2) is 42.5 Å². The molecule has 0 spiro atoms. The summed E-state index contributed by atoms with van der Waals surface area (Å²) in [5.74, 6) is 0.831. The number of aryl methyl sites for hydroxylation is 1. The Kier molecular flexibility index (Phi) is 6.65. The number of hydrogen-bond acceptors (Lipinski definition) is 5. The van der Waals surface area contributed by atoms with Gasteiger partial charge in [-0.1, -0.05) is 37.3 Å². The molecule has 2 aliphatic rings. The maximum absolute atomic E-state index is 13.1. The standard InChI is InChI=1S/C27H34N4OS/c1-2-13-31(23-9-10-24-25(17-23)33-27(28)29-24)18-19-11-14-30(15-12-19)26(32)22-8-7-20-5-3-4-6-21(20)16-22/h3-8,16,19,23H,2,9-15,17-18H2,1H3,(H2,28,29)/t23-/m0/s1. The van der Waals surface area contributed by atoms with Gasteiger partial charge in [0.15, 0.2) is 5.13 Å². The van der Waals surface area contributed by atoms with Crippen molar-refractivity contribution in [1.82, 2.24) is 14.8 Å². The van der Waals surface area contributed by atoms with Crippen LogP contribution >= 0.6 is 11.3 Å². The average Bonchev–Trinajstić information content (AvgIpc) is 3.22. The molecular formula is C27H34N4OS. The second kappa shape index (κ2) is 9.82. The van der Waals surface area contributed by atoms with Crippen molar-refractivity contribution < 1.29 is 4.79 Å². The first-order valence-corrected chi connectivity index (χ1v) is 13.2. The van der Waals surface area contributed by atoms with E-state index in [4.69, 9.17) is 5.73 Å². The van der Waals surface area contributed by atoms with Crippen LogP contribution in [0.4, 0.5) is 5.13 Å². The zero-order chi connectivity index (χ0) is 22.8. The van der Waals surface area contributed by atoms with Crippen molar-refractivity contribution in [3.63, 3.8) is 0 Å². The average molecular weight is 463 g/mol. The van der Waals surface area contributed by atoms with E-state index >= 15 is 0 Å². The van der Waals surface area contributed by atoms with Gasteiger partial charge < -0.3 is 10.6 Å². The van der Waals surface area contributed by atoms with E-state index in [1.807, 2.05) is 24.3 Å². The number of fused-ring (bicyclic) bond motifs is 2. The fourth-order valence-electron chi connectivity index (χ4n) is 5.55. The van der Waals surface area contributed by atoms with Crippen LogP contribution < -0.4 is 5.73 Å². The Labute approximate surface area is 200 Å². The van der Waals surface area contributed by atoms with Crippen molar-refractivity contribution >= 4 is 33.1 Å². The maximum atomic E-state index is 13.1. The molecule has 5 rings (SSSR count). The lowest BCUT2D eigenvalue weighted by molar-refractivity contribution is 0.0643. The number of nitrogens with zero attached hydrogens (tertiary/aromatic N) is 3. The number of amides is 1. The Morgan fingerprint density at radius 1 is 1.15 bits per heavy atom. The number of benzene rings is 2. The Morgan fingerprint density at radius 2 is 1.94 bits per heavy atom. The number of hydrogen-bond donors (Lipinski definition) is 1. The van der Waals surface area contributed by atoms with E-state index in [2.05, 4.69) is 39.9 Å². The highest BCUT2D eigenvalue weighted by Crippen LogP contribution is 2.31. The Hall–Kier alpha value is -2.44. The summed E-state index contributed by atoms with van der Waals surface area (Å²) < 4.78 is 0. The van der Waals surface area contributed by atoms with Gasteiger partial charge in [0, 0.05) is 36.1 Å². The zero-order valence-electron chi connectivity index (χ0n) is 19.5. The summed E-state index contributed by atoms with van der Waals surface area (Å²) in [6.45, 7) is 6.27. The van der Waals surface area contributed by atoms with Crippen LogP contribution in [0.2, 0.25) is 0 Å². The molecule has 0 saturated carbocycles. The van der Waals surface area contributed by atoms with Gasteiger partial charge in [-0.15, -0.1) is 11.3 Å². The molecular weight excluding hydrogens is 428 g/mol. The van der Waals surface area contributed by atoms with E-state index < -0.39 is 0 Å². The Bertz CT molecular complexity index is 1120. The highest BCUT2D eigenvalue weighted by molar-refractivity contribution is 7.15. The van der Waals surface area contributed by atoms with E-state index in [1.54, 1.807) is 11.3 Å². The number of nitrogen functional groups attached to an aromatic ring is 1. The molecule has 1 atom stereocenters. The Morgan fingerprint density at radius 3 is 2.73 bits per heavy atom. The van der Waals surface area contributed by atoms with Crippen LogP contribution in [0.25, 0.3) is 10.8 Å². The summed E-state index contributed by atoms with van der Waals surface area (Å²) in [6, 6.07) is 14.9. The van der Waals surface area contributed by atoms with E-state index in [9.17, 15) is 4.79 Å². The monoisotopic (exact) mass is 462 g/mol. The molecule has 0 radical (unpaired) electrons. The minimum Gasteiger partial charge on any atom is -0.375 e. The molecule has 2 N–H and O–H groups in total. The molecule has 174 valence electrons. The summed E-state index contributed by atoms with van der Waals surface area (Å²) in [4.78, 5) is 23.8. The quantitative estimate of drug-likeness (QED) is 0.560. The number of piperidine rings is 1.